The summed E-state index contributed by atoms with van der Waals surface area (Å²) >= 11 is 0. The standard InChI is InChI=1S/C20H17N5O/c1-14-23-11-17(12-24-14)25-20-19-3-2-18(10-16(19)6-9-22-20)26-13-15-4-7-21-8-5-15/h2-12H,13H2,1H3,(H,22,25). The van der Waals surface area contributed by atoms with Crippen LogP contribution in [0.1, 0.15) is 11.4 Å². The summed E-state index contributed by atoms with van der Waals surface area (Å²) in [5.74, 6) is 2.30. The second-order valence-corrected chi connectivity index (χ2v) is 5.83. The zero-order valence-electron chi connectivity index (χ0n) is 14.3. The molecule has 0 aliphatic carbocycles. The van der Waals surface area contributed by atoms with E-state index in [0.29, 0.717) is 6.61 Å². The normalized spacial score (nSPS) is 10.7. The zero-order valence-corrected chi connectivity index (χ0v) is 14.3. The van der Waals surface area contributed by atoms with Gasteiger partial charge in [0, 0.05) is 24.0 Å². The number of rotatable bonds is 5. The third-order valence-electron chi connectivity index (χ3n) is 3.93. The Balaban J connectivity index is 1.56. The first-order chi connectivity index (χ1) is 12.8. The number of fused-ring (bicyclic) bond motifs is 1. The van der Waals surface area contributed by atoms with E-state index in [-0.39, 0.29) is 0 Å². The minimum absolute atomic E-state index is 0.505. The van der Waals surface area contributed by atoms with Crippen molar-refractivity contribution in [2.75, 3.05) is 5.32 Å². The van der Waals surface area contributed by atoms with Gasteiger partial charge in [-0.3, -0.25) is 4.98 Å². The number of pyridine rings is 2. The molecule has 0 amide bonds. The molecule has 0 saturated carbocycles. The SMILES string of the molecule is Cc1ncc(Nc2nccc3cc(OCc4ccncc4)ccc23)cn1. The first-order valence-corrected chi connectivity index (χ1v) is 8.24. The van der Waals surface area contributed by atoms with E-state index in [1.165, 1.54) is 0 Å². The number of aryl methyl sites for hydroxylation is 1. The molecule has 0 radical (unpaired) electrons. The van der Waals surface area contributed by atoms with Crippen molar-refractivity contribution >= 4 is 22.3 Å². The molecule has 4 aromatic rings. The average Bonchev–Trinajstić information content (AvgIpc) is 2.69. The molecule has 0 bridgehead atoms. The number of hydrogen-bond donors (Lipinski definition) is 1. The van der Waals surface area contributed by atoms with E-state index in [1.54, 1.807) is 31.0 Å². The molecule has 26 heavy (non-hydrogen) atoms. The van der Waals surface area contributed by atoms with Gasteiger partial charge in [-0.2, -0.15) is 0 Å². The quantitative estimate of drug-likeness (QED) is 0.589. The lowest BCUT2D eigenvalue weighted by Gasteiger charge is -2.10. The maximum absolute atomic E-state index is 5.88. The van der Waals surface area contributed by atoms with Crippen LogP contribution >= 0.6 is 0 Å². The predicted molar refractivity (Wildman–Crippen MR) is 100 cm³/mol. The van der Waals surface area contributed by atoms with E-state index in [2.05, 4.69) is 25.3 Å². The van der Waals surface area contributed by atoms with Crippen LogP contribution in [-0.4, -0.2) is 19.9 Å². The number of aromatic nitrogens is 4. The van der Waals surface area contributed by atoms with Crippen LogP contribution in [-0.2, 0) is 6.61 Å². The summed E-state index contributed by atoms with van der Waals surface area (Å²) in [6, 6.07) is 11.8. The maximum Gasteiger partial charge on any atom is 0.138 e. The van der Waals surface area contributed by atoms with Gasteiger partial charge in [-0.1, -0.05) is 0 Å². The minimum atomic E-state index is 0.505. The predicted octanol–water partition coefficient (Wildman–Crippen LogP) is 4.05. The highest BCUT2D eigenvalue weighted by molar-refractivity contribution is 5.93. The number of hydrogen-bond acceptors (Lipinski definition) is 6. The van der Waals surface area contributed by atoms with Crippen LogP contribution in [0.15, 0.2) is 67.4 Å². The van der Waals surface area contributed by atoms with Crippen LogP contribution in [0.4, 0.5) is 11.5 Å². The Labute approximate surface area is 150 Å². The maximum atomic E-state index is 5.88. The van der Waals surface area contributed by atoms with Gasteiger partial charge < -0.3 is 10.1 Å². The fraction of sp³-hybridized carbons (Fsp3) is 0.100. The first-order valence-electron chi connectivity index (χ1n) is 8.24. The summed E-state index contributed by atoms with van der Waals surface area (Å²) in [5, 5.41) is 5.32. The smallest absolute Gasteiger partial charge is 0.138 e. The second-order valence-electron chi connectivity index (χ2n) is 5.83. The molecule has 0 unspecified atom stereocenters. The second kappa shape index (κ2) is 7.14. The summed E-state index contributed by atoms with van der Waals surface area (Å²) in [5.41, 5.74) is 1.88. The van der Waals surface area contributed by atoms with Crippen molar-refractivity contribution < 1.29 is 4.74 Å². The lowest BCUT2D eigenvalue weighted by molar-refractivity contribution is 0.306. The van der Waals surface area contributed by atoms with Gasteiger partial charge in [0.1, 0.15) is 24.0 Å². The summed E-state index contributed by atoms with van der Waals surface area (Å²) in [4.78, 5) is 16.8. The van der Waals surface area contributed by atoms with Gasteiger partial charge in [-0.25, -0.2) is 15.0 Å². The van der Waals surface area contributed by atoms with Gasteiger partial charge in [-0.15, -0.1) is 0 Å². The summed E-state index contributed by atoms with van der Waals surface area (Å²) in [7, 11) is 0. The van der Waals surface area contributed by atoms with Gasteiger partial charge in [0.25, 0.3) is 0 Å². The highest BCUT2D eigenvalue weighted by atomic mass is 16.5. The molecule has 6 heteroatoms. The summed E-state index contributed by atoms with van der Waals surface area (Å²) in [6.07, 6.45) is 8.78. The largest absolute Gasteiger partial charge is 0.489 e. The fourth-order valence-electron chi connectivity index (χ4n) is 2.58. The Morgan fingerprint density at radius 1 is 0.923 bits per heavy atom. The number of nitrogens with one attached hydrogen (secondary N) is 1. The Hall–Kier alpha value is -3.54. The lowest BCUT2D eigenvalue weighted by Crippen LogP contribution is -1.98. The van der Waals surface area contributed by atoms with Crippen molar-refractivity contribution in [2.45, 2.75) is 13.5 Å². The molecule has 4 rings (SSSR count). The van der Waals surface area contributed by atoms with Gasteiger partial charge in [0.2, 0.25) is 0 Å². The van der Waals surface area contributed by atoms with E-state index in [0.717, 1.165) is 39.4 Å². The monoisotopic (exact) mass is 343 g/mol. The molecule has 0 atom stereocenters. The van der Waals surface area contributed by atoms with E-state index in [4.69, 9.17) is 4.74 Å². The summed E-state index contributed by atoms with van der Waals surface area (Å²) < 4.78 is 5.88. The molecule has 128 valence electrons. The van der Waals surface area contributed by atoms with Crippen LogP contribution < -0.4 is 10.1 Å². The van der Waals surface area contributed by atoms with Gasteiger partial charge >= 0.3 is 0 Å². The van der Waals surface area contributed by atoms with Crippen LogP contribution in [0.5, 0.6) is 5.75 Å². The van der Waals surface area contributed by atoms with E-state index in [9.17, 15) is 0 Å². The Morgan fingerprint density at radius 2 is 1.73 bits per heavy atom. The first kappa shape index (κ1) is 16.0. The molecule has 3 aromatic heterocycles. The highest BCUT2D eigenvalue weighted by Crippen LogP contribution is 2.27. The van der Waals surface area contributed by atoms with Crippen LogP contribution in [0.25, 0.3) is 10.8 Å². The van der Waals surface area contributed by atoms with Crippen molar-refractivity contribution in [3.8, 4) is 5.75 Å². The topological polar surface area (TPSA) is 72.8 Å². The average molecular weight is 343 g/mol. The van der Waals surface area contributed by atoms with Crippen molar-refractivity contribution in [1.29, 1.82) is 0 Å². The van der Waals surface area contributed by atoms with E-state index < -0.39 is 0 Å². The molecular formula is C20H17N5O. The van der Waals surface area contributed by atoms with Gasteiger partial charge in [0.05, 0.1) is 18.1 Å². The van der Waals surface area contributed by atoms with Crippen molar-refractivity contribution in [1.82, 2.24) is 19.9 Å². The molecule has 0 spiro atoms. The number of anilines is 2. The highest BCUT2D eigenvalue weighted by Gasteiger charge is 2.05. The molecular weight excluding hydrogens is 326 g/mol. The third kappa shape index (κ3) is 3.59. The third-order valence-corrected chi connectivity index (χ3v) is 3.93. The molecule has 0 aliphatic rings. The van der Waals surface area contributed by atoms with Crippen LogP contribution in [0.3, 0.4) is 0 Å². The van der Waals surface area contributed by atoms with Crippen molar-refractivity contribution in [3.63, 3.8) is 0 Å². The summed E-state index contributed by atoms with van der Waals surface area (Å²) in [6.45, 7) is 2.36. The van der Waals surface area contributed by atoms with Gasteiger partial charge in [0.15, 0.2) is 0 Å². The molecule has 0 aliphatic heterocycles. The van der Waals surface area contributed by atoms with Crippen molar-refractivity contribution in [2.24, 2.45) is 0 Å². The van der Waals surface area contributed by atoms with Crippen LogP contribution in [0, 0.1) is 6.92 Å². The van der Waals surface area contributed by atoms with Gasteiger partial charge in [-0.05, 0) is 54.3 Å². The zero-order chi connectivity index (χ0) is 17.8. The fourth-order valence-corrected chi connectivity index (χ4v) is 2.58. The number of ether oxygens (including phenoxy) is 1. The lowest BCUT2D eigenvalue weighted by atomic mass is 10.1. The van der Waals surface area contributed by atoms with E-state index in [1.807, 2.05) is 43.3 Å². The van der Waals surface area contributed by atoms with Crippen molar-refractivity contribution in [3.05, 3.63) is 78.8 Å². The Morgan fingerprint density at radius 3 is 2.54 bits per heavy atom. The Bertz CT molecular complexity index is 1020. The Kier molecular flexibility index (Phi) is 4.38. The van der Waals surface area contributed by atoms with E-state index >= 15 is 0 Å². The molecule has 3 heterocycles. The molecule has 1 N–H and O–H groups in total. The number of benzene rings is 1. The molecule has 6 nitrogen and oxygen atoms in total. The minimum Gasteiger partial charge on any atom is -0.489 e. The molecule has 1 aromatic carbocycles. The molecule has 0 saturated heterocycles. The molecule has 0 fully saturated rings. The number of nitrogens with zero attached hydrogens (tertiary/aromatic N) is 4. The van der Waals surface area contributed by atoms with Crippen LogP contribution in [0.2, 0.25) is 0 Å².